The van der Waals surface area contributed by atoms with Crippen LogP contribution in [0.2, 0.25) is 0 Å². The molecule has 0 bridgehead atoms. The molecule has 4 nitrogen and oxygen atoms in total. The summed E-state index contributed by atoms with van der Waals surface area (Å²) in [5.74, 6) is 2.58. The molecule has 1 heterocycles. The van der Waals surface area contributed by atoms with Crippen LogP contribution in [0.1, 0.15) is 25.3 Å². The Bertz CT molecular complexity index is 504. The van der Waals surface area contributed by atoms with E-state index in [1.807, 2.05) is 24.3 Å². The summed E-state index contributed by atoms with van der Waals surface area (Å²) in [6.07, 6.45) is 5.38. The fraction of sp³-hybridized carbons (Fsp3) is 0.600. The minimum absolute atomic E-state index is 0.572. The Labute approximate surface area is 146 Å². The van der Waals surface area contributed by atoms with Crippen LogP contribution in [-0.2, 0) is 11.2 Å². The van der Waals surface area contributed by atoms with E-state index in [9.17, 15) is 0 Å². The summed E-state index contributed by atoms with van der Waals surface area (Å²) in [5, 5.41) is 0. The number of likely N-dealkylation sites (tertiary alicyclic amines) is 1. The molecule has 0 saturated carbocycles. The van der Waals surface area contributed by atoms with Gasteiger partial charge in [-0.1, -0.05) is 13.0 Å². The lowest BCUT2D eigenvalue weighted by atomic mass is 10.0. The first-order valence-electron chi connectivity index (χ1n) is 9.05. The van der Waals surface area contributed by atoms with Crippen LogP contribution in [0.4, 0.5) is 0 Å². The predicted octanol–water partition coefficient (Wildman–Crippen LogP) is 2.13. The van der Waals surface area contributed by atoms with Crippen molar-refractivity contribution in [1.82, 2.24) is 0 Å². The van der Waals surface area contributed by atoms with Crippen LogP contribution in [0, 0.1) is 5.92 Å². The molecule has 2 atom stereocenters. The van der Waals surface area contributed by atoms with E-state index in [1.165, 1.54) is 25.9 Å². The topological polar surface area (TPSA) is 32.1 Å². The zero-order valence-corrected chi connectivity index (χ0v) is 15.2. The summed E-state index contributed by atoms with van der Waals surface area (Å²) in [4.78, 5) is 1.68. The normalized spacial score (nSPS) is 20.6. The highest BCUT2D eigenvalue weighted by Crippen LogP contribution is 2.24. The molecule has 24 heavy (non-hydrogen) atoms. The monoisotopic (exact) mass is 334 g/mol. The fourth-order valence-electron chi connectivity index (χ4n) is 3.29. The highest BCUT2D eigenvalue weighted by Gasteiger charge is 2.18. The molecule has 4 heteroatoms. The lowest BCUT2D eigenvalue weighted by Crippen LogP contribution is -3.14. The molecule has 0 radical (unpaired) electrons. The first-order chi connectivity index (χ1) is 11.7. The molecule has 1 saturated heterocycles. The molecule has 1 aliphatic rings. The molecule has 1 aromatic carbocycles. The predicted molar refractivity (Wildman–Crippen MR) is 97.2 cm³/mol. The van der Waals surface area contributed by atoms with Crippen LogP contribution in [-0.4, -0.2) is 46.6 Å². The third kappa shape index (κ3) is 6.17. The number of benzene rings is 1. The zero-order valence-electron chi connectivity index (χ0n) is 15.2. The zero-order chi connectivity index (χ0) is 17.2. The molecular weight excluding hydrogens is 302 g/mol. The smallest absolute Gasteiger partial charge is 0.123 e. The molecule has 1 aromatic rings. The van der Waals surface area contributed by atoms with Gasteiger partial charge in [0.1, 0.15) is 24.7 Å². The van der Waals surface area contributed by atoms with Crippen LogP contribution in [0.5, 0.6) is 11.5 Å². The Morgan fingerprint density at radius 2 is 2.17 bits per heavy atom. The van der Waals surface area contributed by atoms with Crippen LogP contribution >= 0.6 is 0 Å². The van der Waals surface area contributed by atoms with Gasteiger partial charge in [0.2, 0.25) is 0 Å². The van der Waals surface area contributed by atoms with Gasteiger partial charge in [-0.15, -0.1) is 6.58 Å². The lowest BCUT2D eigenvalue weighted by Gasteiger charge is -2.27. The minimum atomic E-state index is 0.572. The van der Waals surface area contributed by atoms with Gasteiger partial charge in [-0.25, -0.2) is 0 Å². The quantitative estimate of drug-likeness (QED) is 0.525. The Kier molecular flexibility index (Phi) is 8.13. The molecule has 1 N–H and O–H groups in total. The third-order valence-electron chi connectivity index (χ3n) is 4.58. The Morgan fingerprint density at radius 3 is 2.92 bits per heavy atom. The second-order valence-electron chi connectivity index (χ2n) is 6.63. The van der Waals surface area contributed by atoms with E-state index in [4.69, 9.17) is 14.2 Å². The summed E-state index contributed by atoms with van der Waals surface area (Å²) in [6.45, 7) is 11.8. The van der Waals surface area contributed by atoms with Gasteiger partial charge in [-0.3, -0.25) is 0 Å². The van der Waals surface area contributed by atoms with Crippen molar-refractivity contribution in [2.45, 2.75) is 26.2 Å². The van der Waals surface area contributed by atoms with Crippen LogP contribution in [0.25, 0.3) is 0 Å². The number of allylic oxidation sites excluding steroid dienone is 1. The van der Waals surface area contributed by atoms with Crippen molar-refractivity contribution in [3.63, 3.8) is 0 Å². The fourth-order valence-corrected chi connectivity index (χ4v) is 3.29. The van der Waals surface area contributed by atoms with E-state index < -0.39 is 0 Å². The summed E-state index contributed by atoms with van der Waals surface area (Å²) in [6, 6.07) is 5.87. The maximum atomic E-state index is 5.86. The van der Waals surface area contributed by atoms with E-state index in [1.54, 1.807) is 12.0 Å². The molecule has 1 fully saturated rings. The van der Waals surface area contributed by atoms with Gasteiger partial charge in [-0.05, 0) is 37.5 Å². The third-order valence-corrected chi connectivity index (χ3v) is 4.58. The van der Waals surface area contributed by atoms with Gasteiger partial charge in [0.15, 0.2) is 0 Å². The van der Waals surface area contributed by atoms with E-state index in [-0.39, 0.29) is 0 Å². The Morgan fingerprint density at radius 1 is 1.29 bits per heavy atom. The molecule has 1 unspecified atom stereocenters. The molecule has 0 amide bonds. The van der Waals surface area contributed by atoms with Gasteiger partial charge >= 0.3 is 0 Å². The van der Waals surface area contributed by atoms with Crippen LogP contribution in [0.3, 0.4) is 0 Å². The van der Waals surface area contributed by atoms with E-state index >= 15 is 0 Å². The minimum Gasteiger partial charge on any atom is -0.497 e. The molecule has 0 aromatic heterocycles. The van der Waals surface area contributed by atoms with Gasteiger partial charge < -0.3 is 19.1 Å². The van der Waals surface area contributed by atoms with Crippen molar-refractivity contribution >= 4 is 0 Å². The van der Waals surface area contributed by atoms with Crippen molar-refractivity contribution in [3.8, 4) is 11.5 Å². The SMILES string of the molecule is C=CCc1cc(OC)ccc1OCCOCC[NH+]1CCC[C@@H](C)C1. The first kappa shape index (κ1) is 18.8. The number of hydrogen-bond acceptors (Lipinski definition) is 3. The standard InChI is InChI=1S/C20H31NO3/c1-4-6-18-15-19(22-3)8-9-20(18)24-14-13-23-12-11-21-10-5-7-17(2)16-21/h4,8-9,15,17H,1,5-7,10-14,16H2,2-3H3/p+1/t17-/m1/s1. The molecule has 0 spiro atoms. The van der Waals surface area contributed by atoms with E-state index in [2.05, 4.69) is 13.5 Å². The highest BCUT2D eigenvalue weighted by atomic mass is 16.5. The van der Waals surface area contributed by atoms with Crippen molar-refractivity contribution in [2.24, 2.45) is 5.92 Å². The largest absolute Gasteiger partial charge is 0.497 e. The summed E-state index contributed by atoms with van der Waals surface area (Å²) in [5.41, 5.74) is 1.09. The molecular formula is C20H32NO3+. The Hall–Kier alpha value is -1.52. The summed E-state index contributed by atoms with van der Waals surface area (Å²) >= 11 is 0. The van der Waals surface area contributed by atoms with E-state index in [0.29, 0.717) is 13.2 Å². The summed E-state index contributed by atoms with van der Waals surface area (Å²) < 4.78 is 16.9. The first-order valence-corrected chi connectivity index (χ1v) is 9.05. The number of rotatable bonds is 10. The van der Waals surface area contributed by atoms with Gasteiger partial charge in [0, 0.05) is 11.5 Å². The highest BCUT2D eigenvalue weighted by molar-refractivity contribution is 5.41. The van der Waals surface area contributed by atoms with E-state index in [0.717, 1.165) is 42.6 Å². The molecule has 0 aliphatic carbocycles. The average Bonchev–Trinajstić information content (AvgIpc) is 2.59. The molecule has 134 valence electrons. The second kappa shape index (κ2) is 10.4. The van der Waals surface area contributed by atoms with Crippen molar-refractivity contribution < 1.29 is 19.1 Å². The summed E-state index contributed by atoms with van der Waals surface area (Å²) in [7, 11) is 1.67. The van der Waals surface area contributed by atoms with Crippen molar-refractivity contribution in [1.29, 1.82) is 0 Å². The number of hydrogen-bond donors (Lipinski definition) is 1. The number of ether oxygens (including phenoxy) is 3. The second-order valence-corrected chi connectivity index (χ2v) is 6.63. The number of quaternary nitrogens is 1. The molecule has 1 aliphatic heterocycles. The van der Waals surface area contributed by atoms with Gasteiger partial charge in [0.05, 0.1) is 33.4 Å². The lowest BCUT2D eigenvalue weighted by molar-refractivity contribution is -0.908. The van der Waals surface area contributed by atoms with Crippen molar-refractivity contribution in [2.75, 3.05) is 46.6 Å². The molecule has 2 rings (SSSR count). The number of piperidine rings is 1. The van der Waals surface area contributed by atoms with Crippen LogP contribution in [0.15, 0.2) is 30.9 Å². The number of methoxy groups -OCH3 is 1. The number of nitrogens with one attached hydrogen (secondary N) is 1. The average molecular weight is 334 g/mol. The van der Waals surface area contributed by atoms with Gasteiger partial charge in [0.25, 0.3) is 0 Å². The Balaban J connectivity index is 1.65. The van der Waals surface area contributed by atoms with Gasteiger partial charge in [-0.2, -0.15) is 0 Å². The maximum Gasteiger partial charge on any atom is 0.123 e. The van der Waals surface area contributed by atoms with Crippen molar-refractivity contribution in [3.05, 3.63) is 36.4 Å². The van der Waals surface area contributed by atoms with Crippen LogP contribution < -0.4 is 14.4 Å². The maximum absolute atomic E-state index is 5.86.